The monoisotopic (exact) mass is 245 g/mol. The van der Waals surface area contributed by atoms with Crippen LogP contribution in [0, 0.1) is 6.92 Å². The number of nitrogens with two attached hydrogens (primary N) is 1. The Bertz CT molecular complexity index is 459. The van der Waals surface area contributed by atoms with Crippen molar-refractivity contribution in [2.45, 2.75) is 6.92 Å². The molecule has 6 nitrogen and oxygen atoms in total. The molecule has 1 aromatic rings. The number of hydrogen-bond acceptors (Lipinski definition) is 5. The topological polar surface area (TPSA) is 94.3 Å². The first-order valence-electron chi connectivity index (χ1n) is 4.66. The van der Waals surface area contributed by atoms with Gasteiger partial charge in [0.05, 0.1) is 24.2 Å². The number of methoxy groups -OCH3 is 1. The maximum Gasteiger partial charge on any atom is 0.236 e. The van der Waals surface area contributed by atoms with Crippen LogP contribution in [0.2, 0.25) is 0 Å². The van der Waals surface area contributed by atoms with Crippen molar-refractivity contribution in [2.75, 3.05) is 29.9 Å². The maximum atomic E-state index is 11.5. The summed E-state index contributed by atoms with van der Waals surface area (Å²) < 4.78 is 30.0. The van der Waals surface area contributed by atoms with Gasteiger partial charge in [-0.2, -0.15) is 0 Å². The van der Waals surface area contributed by atoms with Gasteiger partial charge in [0.25, 0.3) is 0 Å². The van der Waals surface area contributed by atoms with E-state index in [4.69, 9.17) is 10.5 Å². The third-order valence-electron chi connectivity index (χ3n) is 1.97. The van der Waals surface area contributed by atoms with Crippen molar-refractivity contribution in [3.63, 3.8) is 0 Å². The van der Waals surface area contributed by atoms with Crippen molar-refractivity contribution in [3.8, 4) is 0 Å². The average molecular weight is 245 g/mol. The van der Waals surface area contributed by atoms with E-state index < -0.39 is 10.0 Å². The number of aromatic nitrogens is 1. The summed E-state index contributed by atoms with van der Waals surface area (Å²) in [6, 6.07) is 1.58. The van der Waals surface area contributed by atoms with E-state index in [9.17, 15) is 8.42 Å². The van der Waals surface area contributed by atoms with Crippen LogP contribution in [0.5, 0.6) is 0 Å². The summed E-state index contributed by atoms with van der Waals surface area (Å²) in [7, 11) is -1.96. The summed E-state index contributed by atoms with van der Waals surface area (Å²) in [4.78, 5) is 3.88. The van der Waals surface area contributed by atoms with Crippen LogP contribution in [0.15, 0.2) is 12.3 Å². The van der Waals surface area contributed by atoms with Crippen LogP contribution < -0.4 is 10.5 Å². The SMILES string of the molecule is COCCS(=O)(=O)Nc1cc(C)c(N)cn1. The van der Waals surface area contributed by atoms with E-state index in [1.54, 1.807) is 13.0 Å². The van der Waals surface area contributed by atoms with Crippen molar-refractivity contribution < 1.29 is 13.2 Å². The first-order valence-corrected chi connectivity index (χ1v) is 6.31. The van der Waals surface area contributed by atoms with Crippen molar-refractivity contribution in [2.24, 2.45) is 0 Å². The van der Waals surface area contributed by atoms with Gasteiger partial charge < -0.3 is 10.5 Å². The van der Waals surface area contributed by atoms with Crippen molar-refractivity contribution in [3.05, 3.63) is 17.8 Å². The number of ether oxygens (including phenoxy) is 1. The highest BCUT2D eigenvalue weighted by atomic mass is 32.2. The molecule has 0 amide bonds. The lowest BCUT2D eigenvalue weighted by Gasteiger charge is -2.08. The predicted octanol–water partition coefficient (Wildman–Crippen LogP) is 0.360. The molecule has 0 aliphatic carbocycles. The molecule has 0 fully saturated rings. The molecule has 7 heteroatoms. The second-order valence-electron chi connectivity index (χ2n) is 3.34. The van der Waals surface area contributed by atoms with Crippen LogP contribution in [0.3, 0.4) is 0 Å². The molecule has 0 atom stereocenters. The van der Waals surface area contributed by atoms with Gasteiger partial charge in [0.15, 0.2) is 0 Å². The second kappa shape index (κ2) is 5.13. The van der Waals surface area contributed by atoms with Crippen LogP contribution in [0.4, 0.5) is 11.5 Å². The van der Waals surface area contributed by atoms with Gasteiger partial charge >= 0.3 is 0 Å². The van der Waals surface area contributed by atoms with Crippen molar-refractivity contribution in [1.82, 2.24) is 4.98 Å². The number of nitrogens with one attached hydrogen (secondary N) is 1. The second-order valence-corrected chi connectivity index (χ2v) is 5.18. The highest BCUT2D eigenvalue weighted by Crippen LogP contribution is 2.14. The van der Waals surface area contributed by atoms with E-state index in [0.29, 0.717) is 5.69 Å². The summed E-state index contributed by atoms with van der Waals surface area (Å²) >= 11 is 0. The summed E-state index contributed by atoms with van der Waals surface area (Å²) in [5, 5.41) is 0. The molecule has 1 aromatic heterocycles. The van der Waals surface area contributed by atoms with Gasteiger partial charge in [-0.05, 0) is 18.6 Å². The fourth-order valence-electron chi connectivity index (χ4n) is 1.03. The summed E-state index contributed by atoms with van der Waals surface area (Å²) in [5.74, 6) is 0.164. The standard InChI is InChI=1S/C9H15N3O3S/c1-7-5-9(11-6-8(7)10)12-16(13,14)4-3-15-2/h5-6H,3-4,10H2,1-2H3,(H,11,12). The fourth-order valence-corrected chi connectivity index (χ4v) is 1.94. The predicted molar refractivity (Wildman–Crippen MR) is 62.7 cm³/mol. The smallest absolute Gasteiger partial charge is 0.236 e. The van der Waals surface area contributed by atoms with Gasteiger partial charge in [-0.25, -0.2) is 13.4 Å². The Kier molecular flexibility index (Phi) is 4.08. The number of aryl methyl sites for hydroxylation is 1. The minimum Gasteiger partial charge on any atom is -0.397 e. The Morgan fingerprint density at radius 1 is 1.56 bits per heavy atom. The number of rotatable bonds is 5. The average Bonchev–Trinajstić information content (AvgIpc) is 2.20. The molecular formula is C9H15N3O3S. The van der Waals surface area contributed by atoms with E-state index in [1.165, 1.54) is 13.3 Å². The zero-order valence-electron chi connectivity index (χ0n) is 9.23. The Hall–Kier alpha value is -1.34. The third-order valence-corrected chi connectivity index (χ3v) is 3.19. The van der Waals surface area contributed by atoms with Gasteiger partial charge in [-0.1, -0.05) is 0 Å². The molecule has 0 saturated heterocycles. The number of hydrogen-bond donors (Lipinski definition) is 2. The lowest BCUT2D eigenvalue weighted by atomic mass is 10.2. The first-order chi connectivity index (χ1) is 7.44. The molecule has 0 spiro atoms. The molecule has 0 bridgehead atoms. The quantitative estimate of drug-likeness (QED) is 0.781. The Morgan fingerprint density at radius 2 is 2.25 bits per heavy atom. The van der Waals surface area contributed by atoms with Crippen LogP contribution in [-0.4, -0.2) is 32.9 Å². The molecule has 0 saturated carbocycles. The van der Waals surface area contributed by atoms with Crippen LogP contribution in [0.25, 0.3) is 0 Å². The Labute approximate surface area is 94.9 Å². The van der Waals surface area contributed by atoms with Crippen molar-refractivity contribution in [1.29, 1.82) is 0 Å². The molecule has 1 rings (SSSR count). The summed E-state index contributed by atoms with van der Waals surface area (Å²) in [6.45, 7) is 1.92. The van der Waals surface area contributed by atoms with Crippen LogP contribution >= 0.6 is 0 Å². The highest BCUT2D eigenvalue weighted by molar-refractivity contribution is 7.92. The number of anilines is 2. The van der Waals surface area contributed by atoms with E-state index >= 15 is 0 Å². The number of nitrogen functional groups attached to an aromatic ring is 1. The normalized spacial score (nSPS) is 11.4. The van der Waals surface area contributed by atoms with Gasteiger partial charge in [-0.15, -0.1) is 0 Å². The van der Waals surface area contributed by atoms with E-state index in [-0.39, 0.29) is 18.2 Å². The van der Waals surface area contributed by atoms with E-state index in [1.807, 2.05) is 0 Å². The molecule has 3 N–H and O–H groups in total. The number of sulfonamides is 1. The Morgan fingerprint density at radius 3 is 2.81 bits per heavy atom. The van der Waals surface area contributed by atoms with Gasteiger partial charge in [0, 0.05) is 7.11 Å². The molecule has 0 aromatic carbocycles. The molecule has 1 heterocycles. The largest absolute Gasteiger partial charge is 0.397 e. The molecule has 0 radical (unpaired) electrons. The minimum absolute atomic E-state index is 0.103. The molecule has 0 aliphatic rings. The molecular weight excluding hydrogens is 230 g/mol. The zero-order valence-corrected chi connectivity index (χ0v) is 10.0. The third kappa shape index (κ3) is 3.67. The van der Waals surface area contributed by atoms with Crippen LogP contribution in [0.1, 0.15) is 5.56 Å². The Balaban J connectivity index is 2.76. The summed E-state index contributed by atoms with van der Waals surface area (Å²) in [5.41, 5.74) is 6.88. The van der Waals surface area contributed by atoms with E-state index in [0.717, 1.165) is 5.56 Å². The lowest BCUT2D eigenvalue weighted by Crippen LogP contribution is -2.20. The van der Waals surface area contributed by atoms with Crippen LogP contribution in [-0.2, 0) is 14.8 Å². The van der Waals surface area contributed by atoms with Gasteiger partial charge in [-0.3, -0.25) is 4.72 Å². The molecule has 16 heavy (non-hydrogen) atoms. The zero-order chi connectivity index (χ0) is 12.2. The lowest BCUT2D eigenvalue weighted by molar-refractivity contribution is 0.217. The first kappa shape index (κ1) is 12.7. The number of pyridine rings is 1. The van der Waals surface area contributed by atoms with Gasteiger partial charge in [0.2, 0.25) is 10.0 Å². The summed E-state index contributed by atoms with van der Waals surface area (Å²) in [6.07, 6.45) is 1.42. The fraction of sp³-hybridized carbons (Fsp3) is 0.444. The maximum absolute atomic E-state index is 11.5. The highest BCUT2D eigenvalue weighted by Gasteiger charge is 2.11. The van der Waals surface area contributed by atoms with Gasteiger partial charge in [0.1, 0.15) is 5.82 Å². The molecule has 0 unspecified atom stereocenters. The molecule has 90 valence electrons. The number of nitrogens with zero attached hydrogens (tertiary/aromatic N) is 1. The minimum atomic E-state index is -3.40. The molecule has 0 aliphatic heterocycles. The van der Waals surface area contributed by atoms with Crippen molar-refractivity contribution >= 4 is 21.5 Å². The van der Waals surface area contributed by atoms with E-state index in [2.05, 4.69) is 9.71 Å².